The van der Waals surface area contributed by atoms with Crippen molar-refractivity contribution in [2.45, 2.75) is 0 Å². The number of pyridine rings is 1. The van der Waals surface area contributed by atoms with Crippen molar-refractivity contribution < 1.29 is 19.1 Å². The summed E-state index contributed by atoms with van der Waals surface area (Å²) in [5.41, 5.74) is 1.01. The summed E-state index contributed by atoms with van der Waals surface area (Å²) in [5.74, 6) is -2.34. The molecule has 2 N–H and O–H groups in total. The number of carbonyl (C=O) groups excluding carboxylic acids is 1. The molecule has 0 fully saturated rings. The van der Waals surface area contributed by atoms with Crippen LogP contribution in [0.5, 0.6) is 0 Å². The largest absolute Gasteiger partial charge is 0.478 e. The Morgan fingerprint density at radius 2 is 2.04 bits per heavy atom. The molecular weight excluding hydrogens is 367 g/mol. The van der Waals surface area contributed by atoms with Gasteiger partial charge in [0.05, 0.1) is 0 Å². The van der Waals surface area contributed by atoms with Crippen LogP contribution in [0.15, 0.2) is 48.0 Å². The van der Waals surface area contributed by atoms with E-state index in [4.69, 9.17) is 11.6 Å². The highest BCUT2D eigenvalue weighted by Gasteiger charge is 2.21. The number of carbonyl (C=O) groups is 2. The predicted molar refractivity (Wildman–Crippen MR) is 93.9 cm³/mol. The van der Waals surface area contributed by atoms with Gasteiger partial charge < -0.3 is 10.4 Å². The number of hydrogen-bond donors (Lipinski definition) is 2. The lowest BCUT2D eigenvalue weighted by atomic mass is 10.1. The third kappa shape index (κ3) is 3.67. The molecule has 3 rings (SSSR count). The molecule has 25 heavy (non-hydrogen) atoms. The molecule has 0 atom stereocenters. The van der Waals surface area contributed by atoms with E-state index < -0.39 is 17.7 Å². The topological polar surface area (TPSA) is 79.3 Å². The summed E-state index contributed by atoms with van der Waals surface area (Å²) >= 11 is 6.81. The van der Waals surface area contributed by atoms with Gasteiger partial charge in [0.2, 0.25) is 0 Å². The Morgan fingerprint density at radius 3 is 2.68 bits per heavy atom. The van der Waals surface area contributed by atoms with Crippen LogP contribution >= 0.6 is 22.9 Å². The summed E-state index contributed by atoms with van der Waals surface area (Å²) in [6.45, 7) is 0. The van der Waals surface area contributed by atoms with Crippen molar-refractivity contribution in [3.05, 3.63) is 70.1 Å². The maximum absolute atomic E-state index is 13.2. The van der Waals surface area contributed by atoms with Gasteiger partial charge in [-0.2, -0.15) is 0 Å². The van der Waals surface area contributed by atoms with Crippen molar-refractivity contribution in [3.63, 3.8) is 0 Å². The number of carboxylic acid groups (broad SMARTS) is 1. The van der Waals surface area contributed by atoms with Crippen molar-refractivity contribution in [3.8, 4) is 11.1 Å². The van der Waals surface area contributed by atoms with Crippen molar-refractivity contribution in [2.24, 2.45) is 0 Å². The fourth-order valence-electron chi connectivity index (χ4n) is 2.21. The average molecular weight is 377 g/mol. The molecule has 5 nitrogen and oxygen atoms in total. The molecule has 0 radical (unpaired) electrons. The van der Waals surface area contributed by atoms with Gasteiger partial charge in [-0.1, -0.05) is 17.7 Å². The molecule has 0 unspecified atom stereocenters. The molecule has 8 heteroatoms. The number of carboxylic acids is 1. The Balaban J connectivity index is 1.96. The summed E-state index contributed by atoms with van der Waals surface area (Å²) < 4.78 is 13.2. The van der Waals surface area contributed by atoms with Gasteiger partial charge in [-0.05, 0) is 30.3 Å². The quantitative estimate of drug-likeness (QED) is 0.654. The lowest BCUT2D eigenvalue weighted by Gasteiger charge is -2.06. The lowest BCUT2D eigenvalue weighted by Crippen LogP contribution is -2.13. The summed E-state index contributed by atoms with van der Waals surface area (Å²) in [6, 6.07) is 8.33. The third-order valence-corrected chi connectivity index (χ3v) is 4.48. The highest BCUT2D eigenvalue weighted by molar-refractivity contribution is 7.15. The molecule has 2 heterocycles. The van der Waals surface area contributed by atoms with E-state index in [0.717, 1.165) is 17.4 Å². The van der Waals surface area contributed by atoms with E-state index >= 15 is 0 Å². The summed E-state index contributed by atoms with van der Waals surface area (Å²) in [7, 11) is 0. The summed E-state index contributed by atoms with van der Waals surface area (Å²) in [6.07, 6.45) is 1.45. The number of rotatable bonds is 4. The molecular formula is C17H10ClFN2O3S. The number of anilines is 1. The first-order valence-electron chi connectivity index (χ1n) is 6.99. The zero-order chi connectivity index (χ0) is 18.0. The zero-order valence-electron chi connectivity index (χ0n) is 12.5. The van der Waals surface area contributed by atoms with Crippen LogP contribution in [0, 0.1) is 5.82 Å². The smallest absolute Gasteiger partial charge is 0.339 e. The van der Waals surface area contributed by atoms with E-state index in [9.17, 15) is 19.1 Å². The first kappa shape index (κ1) is 17.1. The van der Waals surface area contributed by atoms with Crippen molar-refractivity contribution >= 4 is 39.8 Å². The van der Waals surface area contributed by atoms with Crippen LogP contribution in [0.3, 0.4) is 0 Å². The molecule has 0 aliphatic heterocycles. The minimum absolute atomic E-state index is 0.0566. The number of thiophene rings is 1. The third-order valence-electron chi connectivity index (χ3n) is 3.36. The molecule has 0 saturated carbocycles. The average Bonchev–Trinajstić information content (AvgIpc) is 2.99. The number of benzene rings is 1. The molecule has 0 bridgehead atoms. The van der Waals surface area contributed by atoms with E-state index in [2.05, 4.69) is 10.3 Å². The Morgan fingerprint density at radius 1 is 1.24 bits per heavy atom. The van der Waals surface area contributed by atoms with Gasteiger partial charge in [0.25, 0.3) is 5.91 Å². The Labute approximate surface area is 150 Å². The Hall–Kier alpha value is -2.77. The second-order valence-electron chi connectivity index (χ2n) is 4.99. The zero-order valence-corrected chi connectivity index (χ0v) is 14.1. The van der Waals surface area contributed by atoms with Gasteiger partial charge in [-0.15, -0.1) is 11.3 Å². The number of aromatic carboxylic acids is 1. The van der Waals surface area contributed by atoms with Gasteiger partial charge in [0.1, 0.15) is 21.5 Å². The van der Waals surface area contributed by atoms with Crippen LogP contribution in [0.4, 0.5) is 9.39 Å². The molecule has 0 spiro atoms. The van der Waals surface area contributed by atoms with E-state index in [0.29, 0.717) is 11.1 Å². The van der Waals surface area contributed by atoms with Gasteiger partial charge in [0, 0.05) is 28.3 Å². The Kier molecular flexibility index (Phi) is 4.78. The minimum Gasteiger partial charge on any atom is -0.478 e. The summed E-state index contributed by atoms with van der Waals surface area (Å²) in [4.78, 5) is 27.8. The number of nitrogens with one attached hydrogen (secondary N) is 1. The van der Waals surface area contributed by atoms with E-state index in [1.54, 1.807) is 17.5 Å². The van der Waals surface area contributed by atoms with Crippen molar-refractivity contribution in [1.82, 2.24) is 4.98 Å². The van der Waals surface area contributed by atoms with Crippen LogP contribution in [0.2, 0.25) is 5.15 Å². The van der Waals surface area contributed by atoms with Gasteiger partial charge in [-0.3, -0.25) is 4.79 Å². The fourth-order valence-corrected chi connectivity index (χ4v) is 3.28. The van der Waals surface area contributed by atoms with Crippen LogP contribution in [-0.2, 0) is 0 Å². The first-order valence-corrected chi connectivity index (χ1v) is 8.25. The van der Waals surface area contributed by atoms with E-state index in [1.165, 1.54) is 24.4 Å². The van der Waals surface area contributed by atoms with Gasteiger partial charge in [0.15, 0.2) is 0 Å². The number of hydrogen-bond acceptors (Lipinski definition) is 4. The molecule has 2 aromatic heterocycles. The van der Waals surface area contributed by atoms with Crippen LogP contribution in [0.25, 0.3) is 11.1 Å². The highest BCUT2D eigenvalue weighted by atomic mass is 35.5. The normalized spacial score (nSPS) is 10.5. The molecule has 3 aromatic rings. The molecule has 1 aromatic carbocycles. The molecule has 0 aliphatic carbocycles. The van der Waals surface area contributed by atoms with E-state index in [-0.39, 0.29) is 21.3 Å². The van der Waals surface area contributed by atoms with Gasteiger partial charge >= 0.3 is 5.97 Å². The van der Waals surface area contributed by atoms with Crippen LogP contribution in [-0.4, -0.2) is 22.0 Å². The molecule has 126 valence electrons. The second-order valence-corrected chi connectivity index (χ2v) is 6.26. The predicted octanol–water partition coefficient (Wildman–Crippen LogP) is 4.55. The number of nitrogens with zero attached hydrogens (tertiary/aromatic N) is 1. The van der Waals surface area contributed by atoms with Gasteiger partial charge in [-0.25, -0.2) is 14.2 Å². The summed E-state index contributed by atoms with van der Waals surface area (Å²) in [5, 5.41) is 14.1. The fraction of sp³-hybridized carbons (Fsp3) is 0. The SMILES string of the molecule is O=C(Nc1scc(-c2ccc(Cl)nc2)c1C(=O)O)c1cccc(F)c1. The second kappa shape index (κ2) is 7.00. The molecule has 0 aliphatic rings. The van der Waals surface area contributed by atoms with Crippen LogP contribution < -0.4 is 5.32 Å². The standard InChI is InChI=1S/C17H10ClFN2O3S/c18-13-5-4-10(7-20-13)12-8-25-16(14(12)17(23)24)21-15(22)9-2-1-3-11(19)6-9/h1-8H,(H,21,22)(H,23,24). The first-order chi connectivity index (χ1) is 12.0. The maximum Gasteiger partial charge on any atom is 0.339 e. The monoisotopic (exact) mass is 376 g/mol. The highest BCUT2D eigenvalue weighted by Crippen LogP contribution is 2.35. The minimum atomic E-state index is -1.19. The number of amides is 1. The molecule has 1 amide bonds. The lowest BCUT2D eigenvalue weighted by molar-refractivity contribution is 0.0699. The van der Waals surface area contributed by atoms with E-state index in [1.807, 2.05) is 0 Å². The van der Waals surface area contributed by atoms with Crippen molar-refractivity contribution in [2.75, 3.05) is 5.32 Å². The molecule has 0 saturated heterocycles. The number of halogens is 2. The Bertz CT molecular complexity index is 957. The van der Waals surface area contributed by atoms with Crippen LogP contribution in [0.1, 0.15) is 20.7 Å². The van der Waals surface area contributed by atoms with Crippen molar-refractivity contribution in [1.29, 1.82) is 0 Å². The maximum atomic E-state index is 13.2. The number of aromatic nitrogens is 1.